The van der Waals surface area contributed by atoms with Crippen LogP contribution in [0.4, 0.5) is 0 Å². The minimum atomic E-state index is 0.315. The van der Waals surface area contributed by atoms with Crippen LogP contribution in [0.3, 0.4) is 0 Å². The average Bonchev–Trinajstić information content (AvgIpc) is 2.30. The third-order valence-electron chi connectivity index (χ3n) is 3.84. The van der Waals surface area contributed by atoms with Crippen LogP contribution >= 0.6 is 0 Å². The average molecular weight is 197 g/mol. The summed E-state index contributed by atoms with van der Waals surface area (Å²) in [5.41, 5.74) is 6.30. The minimum Gasteiger partial charge on any atom is -0.377 e. The first kappa shape index (κ1) is 10.4. The van der Waals surface area contributed by atoms with Gasteiger partial charge in [-0.15, -0.1) is 0 Å². The molecular weight excluding hydrogens is 174 g/mol. The largest absolute Gasteiger partial charge is 0.377 e. The quantitative estimate of drug-likeness (QED) is 0.738. The van der Waals surface area contributed by atoms with Gasteiger partial charge in [0.15, 0.2) is 0 Å². The van der Waals surface area contributed by atoms with E-state index in [1.165, 1.54) is 51.4 Å². The van der Waals surface area contributed by atoms with Crippen LogP contribution in [0.5, 0.6) is 0 Å². The first-order chi connectivity index (χ1) is 6.88. The highest BCUT2D eigenvalue weighted by Gasteiger charge is 2.29. The van der Waals surface area contributed by atoms with Gasteiger partial charge in [0.05, 0.1) is 6.10 Å². The van der Waals surface area contributed by atoms with Crippen LogP contribution in [0, 0.1) is 5.92 Å². The van der Waals surface area contributed by atoms with Gasteiger partial charge in [0, 0.05) is 12.6 Å². The van der Waals surface area contributed by atoms with E-state index < -0.39 is 0 Å². The molecule has 0 amide bonds. The molecule has 2 fully saturated rings. The van der Waals surface area contributed by atoms with E-state index in [0.717, 1.165) is 12.5 Å². The maximum Gasteiger partial charge on any atom is 0.0728 e. The normalized spacial score (nSPS) is 32.8. The second-order valence-corrected chi connectivity index (χ2v) is 4.88. The van der Waals surface area contributed by atoms with Crippen molar-refractivity contribution in [2.24, 2.45) is 11.7 Å². The second-order valence-electron chi connectivity index (χ2n) is 4.88. The predicted molar refractivity (Wildman–Crippen MR) is 58.1 cm³/mol. The molecule has 2 atom stereocenters. The molecule has 2 nitrogen and oxygen atoms in total. The molecule has 1 aliphatic carbocycles. The first-order valence-electron chi connectivity index (χ1n) is 6.25. The van der Waals surface area contributed by atoms with Gasteiger partial charge in [0.1, 0.15) is 0 Å². The molecule has 1 aliphatic heterocycles. The Kier molecular flexibility index (Phi) is 3.82. The van der Waals surface area contributed by atoms with E-state index in [2.05, 4.69) is 0 Å². The topological polar surface area (TPSA) is 35.2 Å². The van der Waals surface area contributed by atoms with Crippen molar-refractivity contribution in [3.63, 3.8) is 0 Å². The lowest BCUT2D eigenvalue weighted by Gasteiger charge is -2.35. The zero-order valence-electron chi connectivity index (χ0n) is 9.08. The summed E-state index contributed by atoms with van der Waals surface area (Å²) in [5.74, 6) is 0.742. The van der Waals surface area contributed by atoms with E-state index >= 15 is 0 Å². The van der Waals surface area contributed by atoms with Crippen LogP contribution in [0.2, 0.25) is 0 Å². The Bertz CT molecular complexity index is 142. The Morgan fingerprint density at radius 3 is 2.29 bits per heavy atom. The van der Waals surface area contributed by atoms with Crippen LogP contribution in [-0.4, -0.2) is 18.8 Å². The second kappa shape index (κ2) is 5.13. The number of hydrogen-bond donors (Lipinski definition) is 1. The molecule has 14 heavy (non-hydrogen) atoms. The standard InChI is InChI=1S/C12H23NO/c13-12(10-6-2-1-3-7-10)11-8-4-5-9-14-11/h10-12H,1-9,13H2. The van der Waals surface area contributed by atoms with E-state index in [0.29, 0.717) is 12.1 Å². The van der Waals surface area contributed by atoms with Crippen LogP contribution in [0.1, 0.15) is 51.4 Å². The molecule has 1 saturated heterocycles. The molecule has 0 aromatic heterocycles. The monoisotopic (exact) mass is 197 g/mol. The zero-order chi connectivity index (χ0) is 9.80. The maximum absolute atomic E-state index is 6.30. The van der Waals surface area contributed by atoms with Crippen molar-refractivity contribution in [1.82, 2.24) is 0 Å². The molecule has 2 aliphatic rings. The number of nitrogens with two attached hydrogens (primary N) is 1. The molecule has 2 heteroatoms. The highest BCUT2D eigenvalue weighted by molar-refractivity contribution is 4.84. The van der Waals surface area contributed by atoms with Gasteiger partial charge in [-0.05, 0) is 38.0 Å². The van der Waals surface area contributed by atoms with E-state index in [-0.39, 0.29) is 0 Å². The lowest BCUT2D eigenvalue weighted by atomic mass is 9.81. The summed E-state index contributed by atoms with van der Waals surface area (Å²) >= 11 is 0. The van der Waals surface area contributed by atoms with Crippen molar-refractivity contribution < 1.29 is 4.74 Å². The van der Waals surface area contributed by atoms with Gasteiger partial charge < -0.3 is 10.5 Å². The van der Waals surface area contributed by atoms with Crippen molar-refractivity contribution in [3.8, 4) is 0 Å². The van der Waals surface area contributed by atoms with Crippen LogP contribution in [0.25, 0.3) is 0 Å². The Hall–Kier alpha value is -0.0800. The van der Waals surface area contributed by atoms with Gasteiger partial charge in [0.2, 0.25) is 0 Å². The summed E-state index contributed by atoms with van der Waals surface area (Å²) in [6, 6.07) is 0.315. The van der Waals surface area contributed by atoms with Gasteiger partial charge in [-0.2, -0.15) is 0 Å². The SMILES string of the molecule is NC(C1CCCCC1)C1CCCCO1. The smallest absolute Gasteiger partial charge is 0.0728 e. The van der Waals surface area contributed by atoms with Gasteiger partial charge in [-0.25, -0.2) is 0 Å². The van der Waals surface area contributed by atoms with E-state index in [1.54, 1.807) is 0 Å². The minimum absolute atomic E-state index is 0.315. The fourth-order valence-electron chi connectivity index (χ4n) is 2.89. The molecule has 2 N–H and O–H groups in total. The van der Waals surface area contributed by atoms with E-state index in [9.17, 15) is 0 Å². The fourth-order valence-corrected chi connectivity index (χ4v) is 2.89. The van der Waals surface area contributed by atoms with Gasteiger partial charge in [-0.1, -0.05) is 19.3 Å². The summed E-state index contributed by atoms with van der Waals surface area (Å²) in [6.45, 7) is 0.936. The Morgan fingerprint density at radius 1 is 0.929 bits per heavy atom. The lowest BCUT2D eigenvalue weighted by molar-refractivity contribution is -0.0153. The van der Waals surface area contributed by atoms with Gasteiger partial charge in [-0.3, -0.25) is 0 Å². The zero-order valence-corrected chi connectivity index (χ0v) is 9.08. The summed E-state index contributed by atoms with van der Waals surface area (Å²) in [7, 11) is 0. The number of hydrogen-bond acceptors (Lipinski definition) is 2. The summed E-state index contributed by atoms with van der Waals surface area (Å²) < 4.78 is 5.77. The van der Waals surface area contributed by atoms with Crippen molar-refractivity contribution in [1.29, 1.82) is 0 Å². The van der Waals surface area contributed by atoms with E-state index in [4.69, 9.17) is 10.5 Å². The maximum atomic E-state index is 6.30. The molecule has 0 bridgehead atoms. The molecule has 1 saturated carbocycles. The van der Waals surface area contributed by atoms with Crippen molar-refractivity contribution in [3.05, 3.63) is 0 Å². The van der Waals surface area contributed by atoms with Crippen LogP contribution in [0.15, 0.2) is 0 Å². The van der Waals surface area contributed by atoms with Crippen molar-refractivity contribution >= 4 is 0 Å². The summed E-state index contributed by atoms with van der Waals surface area (Å²) in [6.07, 6.45) is 10.9. The Balaban J connectivity index is 1.82. The molecule has 2 rings (SSSR count). The molecule has 1 heterocycles. The highest BCUT2D eigenvalue weighted by atomic mass is 16.5. The third-order valence-corrected chi connectivity index (χ3v) is 3.84. The van der Waals surface area contributed by atoms with Crippen molar-refractivity contribution in [2.45, 2.75) is 63.5 Å². The molecule has 0 aromatic rings. The van der Waals surface area contributed by atoms with Crippen LogP contribution < -0.4 is 5.73 Å². The molecule has 2 unspecified atom stereocenters. The first-order valence-corrected chi connectivity index (χ1v) is 6.25. The number of rotatable bonds is 2. The Morgan fingerprint density at radius 2 is 1.64 bits per heavy atom. The summed E-state index contributed by atoms with van der Waals surface area (Å²) in [5, 5.41) is 0. The molecule has 0 aromatic carbocycles. The Labute approximate surface area is 87.2 Å². The predicted octanol–water partition coefficient (Wildman–Crippen LogP) is 2.46. The van der Waals surface area contributed by atoms with E-state index in [1.807, 2.05) is 0 Å². The van der Waals surface area contributed by atoms with Crippen LogP contribution in [-0.2, 0) is 4.74 Å². The fraction of sp³-hybridized carbons (Fsp3) is 1.00. The third kappa shape index (κ3) is 2.48. The highest BCUT2D eigenvalue weighted by Crippen LogP contribution is 2.29. The molecule has 82 valence electrons. The van der Waals surface area contributed by atoms with Gasteiger partial charge in [0.25, 0.3) is 0 Å². The lowest BCUT2D eigenvalue weighted by Crippen LogP contribution is -2.44. The number of ether oxygens (including phenoxy) is 1. The van der Waals surface area contributed by atoms with Crippen molar-refractivity contribution in [2.75, 3.05) is 6.61 Å². The molecule has 0 radical (unpaired) electrons. The summed E-state index contributed by atoms with van der Waals surface area (Å²) in [4.78, 5) is 0. The van der Waals surface area contributed by atoms with Gasteiger partial charge >= 0.3 is 0 Å². The molecular formula is C12H23NO. The molecule has 0 spiro atoms.